The predicted octanol–water partition coefficient (Wildman–Crippen LogP) is 2.47. The average molecular weight is 464 g/mol. The number of ketones is 1. The van der Waals surface area contributed by atoms with E-state index in [4.69, 9.17) is 14.2 Å². The Morgan fingerprint density at radius 3 is 2.06 bits per heavy atom. The van der Waals surface area contributed by atoms with Gasteiger partial charge in [-0.3, -0.25) is 4.79 Å². The summed E-state index contributed by atoms with van der Waals surface area (Å²) < 4.78 is 15.9. The fourth-order valence-electron chi connectivity index (χ4n) is 4.90. The van der Waals surface area contributed by atoms with Crippen LogP contribution in [0.3, 0.4) is 0 Å². The molecule has 2 rings (SSSR count). The quantitative estimate of drug-likeness (QED) is 0.388. The lowest BCUT2D eigenvalue weighted by Gasteiger charge is -2.49. The molecule has 0 N–H and O–H groups in total. The molecule has 1 aliphatic rings. The van der Waals surface area contributed by atoms with Crippen LogP contribution in [0.4, 0.5) is 0 Å². The number of amides is 1. The van der Waals surface area contributed by atoms with Crippen molar-refractivity contribution in [2.45, 2.75) is 65.3 Å². The Hall–Kier alpha value is -2.61. The van der Waals surface area contributed by atoms with Gasteiger partial charge in [-0.05, 0) is 43.4 Å². The van der Waals surface area contributed by atoms with Crippen LogP contribution in [0, 0.1) is 5.41 Å². The number of aliphatic carboxylic acids is 1. The summed E-state index contributed by atoms with van der Waals surface area (Å²) in [5.74, 6) is -1.88. The second kappa shape index (κ2) is 10.5. The number of carboxylic acid groups (broad SMARTS) is 1. The van der Waals surface area contributed by atoms with E-state index in [1.54, 1.807) is 26.0 Å². The van der Waals surface area contributed by atoms with Crippen LogP contribution in [0.2, 0.25) is 0 Å². The maximum absolute atomic E-state index is 13.7. The number of nitrogens with zero attached hydrogens (tertiary/aromatic N) is 1. The molecule has 1 aromatic carbocycles. The highest BCUT2D eigenvalue weighted by Crippen LogP contribution is 2.45. The Balaban J connectivity index is 2.69. The van der Waals surface area contributed by atoms with Gasteiger partial charge in [0.1, 0.15) is 12.0 Å². The molecule has 1 heterocycles. The Kier molecular flexibility index (Phi) is 8.52. The summed E-state index contributed by atoms with van der Waals surface area (Å²) in [6.45, 7) is 7.73. The van der Waals surface area contributed by atoms with Crippen LogP contribution < -0.4 is 19.3 Å². The lowest BCUT2D eigenvalue weighted by Crippen LogP contribution is -2.71. The molecule has 1 amide bonds. The van der Waals surface area contributed by atoms with Crippen LogP contribution in [0.15, 0.2) is 12.1 Å². The SMILES string of the molecule is CCC[N+]1(C(=O)C(=O)C(C)(C)CC)CCCC(c2cc(OC)c(OC)c(OC)c2)C1C(=O)[O-]. The molecule has 1 saturated heterocycles. The first-order valence-electron chi connectivity index (χ1n) is 11.5. The fourth-order valence-corrected chi connectivity index (χ4v) is 4.90. The molecule has 1 aromatic rings. The normalized spacial score (nSPS) is 23.0. The van der Waals surface area contributed by atoms with Crippen LogP contribution in [-0.4, -0.2) is 62.6 Å². The first-order valence-corrected chi connectivity index (χ1v) is 11.5. The van der Waals surface area contributed by atoms with Gasteiger partial charge in [0.15, 0.2) is 11.5 Å². The molecule has 1 fully saturated rings. The molecule has 1 aliphatic heterocycles. The Morgan fingerprint density at radius 2 is 1.64 bits per heavy atom. The Morgan fingerprint density at radius 1 is 1.06 bits per heavy atom. The van der Waals surface area contributed by atoms with E-state index in [2.05, 4.69) is 0 Å². The molecule has 0 aromatic heterocycles. The van der Waals surface area contributed by atoms with E-state index >= 15 is 0 Å². The van der Waals surface area contributed by atoms with E-state index in [9.17, 15) is 19.5 Å². The zero-order valence-electron chi connectivity index (χ0n) is 20.9. The zero-order chi connectivity index (χ0) is 25.0. The van der Waals surface area contributed by atoms with Crippen LogP contribution in [0.5, 0.6) is 17.2 Å². The second-order valence-electron chi connectivity index (χ2n) is 9.32. The maximum atomic E-state index is 13.7. The van der Waals surface area contributed by atoms with Crippen LogP contribution in [-0.2, 0) is 14.4 Å². The van der Waals surface area contributed by atoms with E-state index in [0.29, 0.717) is 48.5 Å². The van der Waals surface area contributed by atoms with Gasteiger partial charge in [-0.1, -0.05) is 27.7 Å². The minimum atomic E-state index is -1.34. The Labute approximate surface area is 196 Å². The lowest BCUT2D eigenvalue weighted by atomic mass is 9.78. The number of methoxy groups -OCH3 is 3. The number of rotatable bonds is 10. The molecule has 0 aliphatic carbocycles. The summed E-state index contributed by atoms with van der Waals surface area (Å²) in [6, 6.07) is 2.23. The third-order valence-corrected chi connectivity index (χ3v) is 7.06. The Bertz CT molecular complexity index is 866. The molecule has 3 atom stereocenters. The van der Waals surface area contributed by atoms with Crippen molar-refractivity contribution in [1.29, 1.82) is 0 Å². The standard InChI is InChI=1S/C25H37NO7/c1-8-12-26(23(28)22(27)25(3,4)9-2)13-10-11-17(20(26)24(29)30)16-14-18(31-5)21(33-7)19(15-16)32-6/h14-15,17,20H,8-13H2,1-7H3. The molecule has 0 spiro atoms. The minimum Gasteiger partial charge on any atom is -0.544 e. The number of carbonyl (C=O) groups excluding carboxylic acids is 3. The van der Waals surface area contributed by atoms with Gasteiger partial charge >= 0.3 is 5.91 Å². The van der Waals surface area contributed by atoms with Crippen molar-refractivity contribution in [3.05, 3.63) is 17.7 Å². The van der Waals surface area contributed by atoms with Gasteiger partial charge in [0, 0.05) is 11.3 Å². The molecular formula is C25H37NO7. The van der Waals surface area contributed by atoms with Crippen molar-refractivity contribution >= 4 is 17.7 Å². The fraction of sp³-hybridized carbons (Fsp3) is 0.640. The third-order valence-electron chi connectivity index (χ3n) is 7.06. The third kappa shape index (κ3) is 4.86. The zero-order valence-corrected chi connectivity index (χ0v) is 20.9. The summed E-state index contributed by atoms with van der Waals surface area (Å²) in [5.41, 5.74) is -0.224. The summed E-state index contributed by atoms with van der Waals surface area (Å²) in [5, 5.41) is 12.6. The predicted molar refractivity (Wildman–Crippen MR) is 121 cm³/mol. The van der Waals surface area contributed by atoms with Crippen LogP contribution in [0.25, 0.3) is 0 Å². The van der Waals surface area contributed by atoms with Gasteiger partial charge in [-0.25, -0.2) is 9.28 Å². The van der Waals surface area contributed by atoms with Gasteiger partial charge < -0.3 is 24.1 Å². The molecule has 0 radical (unpaired) electrons. The number of benzene rings is 1. The van der Waals surface area contributed by atoms with Crippen LogP contribution >= 0.6 is 0 Å². The summed E-state index contributed by atoms with van der Waals surface area (Å²) >= 11 is 0. The highest BCUT2D eigenvalue weighted by molar-refractivity contribution is 6.35. The second-order valence-corrected chi connectivity index (χ2v) is 9.32. The van der Waals surface area contributed by atoms with Crippen molar-refractivity contribution in [2.75, 3.05) is 34.4 Å². The van der Waals surface area contributed by atoms with Crippen molar-refractivity contribution < 1.29 is 38.2 Å². The van der Waals surface area contributed by atoms with Gasteiger partial charge in [0.25, 0.3) is 5.78 Å². The van der Waals surface area contributed by atoms with E-state index in [1.807, 2.05) is 13.8 Å². The number of carbonyl (C=O) groups is 3. The highest BCUT2D eigenvalue weighted by atomic mass is 16.5. The first-order chi connectivity index (χ1) is 15.5. The minimum absolute atomic E-state index is 0.254. The number of ether oxygens (including phenoxy) is 3. The number of hydrogen-bond donors (Lipinski definition) is 0. The molecular weight excluding hydrogens is 426 g/mol. The topological polar surface area (TPSA) is 102 Å². The van der Waals surface area contributed by atoms with Crippen LogP contribution in [0.1, 0.15) is 64.9 Å². The molecule has 8 nitrogen and oxygen atoms in total. The largest absolute Gasteiger partial charge is 0.544 e. The van der Waals surface area contributed by atoms with E-state index in [-0.39, 0.29) is 13.1 Å². The van der Waals surface area contributed by atoms with Crippen molar-refractivity contribution in [3.63, 3.8) is 0 Å². The molecule has 8 heteroatoms. The summed E-state index contributed by atoms with van der Waals surface area (Å²) in [6.07, 6.45) is 2.16. The number of carboxylic acids is 1. The number of quaternary nitrogens is 1. The summed E-state index contributed by atoms with van der Waals surface area (Å²) in [7, 11) is 4.48. The van der Waals surface area contributed by atoms with Gasteiger partial charge in [0.2, 0.25) is 5.75 Å². The van der Waals surface area contributed by atoms with Crippen molar-refractivity contribution in [3.8, 4) is 17.2 Å². The van der Waals surface area contributed by atoms with Gasteiger partial charge in [0.05, 0.1) is 34.4 Å². The monoisotopic (exact) mass is 463 g/mol. The summed E-state index contributed by atoms with van der Waals surface area (Å²) in [4.78, 5) is 39.6. The van der Waals surface area contributed by atoms with Gasteiger partial charge in [-0.2, -0.15) is 0 Å². The molecule has 33 heavy (non-hydrogen) atoms. The first kappa shape index (κ1) is 26.6. The van der Waals surface area contributed by atoms with E-state index < -0.39 is 39.5 Å². The van der Waals surface area contributed by atoms with Gasteiger partial charge in [-0.15, -0.1) is 0 Å². The maximum Gasteiger partial charge on any atom is 0.382 e. The molecule has 3 unspecified atom stereocenters. The molecule has 184 valence electrons. The highest BCUT2D eigenvalue weighted by Gasteiger charge is 2.55. The number of Topliss-reactive ketones (excluding diaryl/α,β-unsaturated/α-hetero) is 1. The van der Waals surface area contributed by atoms with Crippen molar-refractivity contribution in [1.82, 2.24) is 0 Å². The molecule has 0 saturated carbocycles. The van der Waals surface area contributed by atoms with E-state index in [0.717, 1.165) is 0 Å². The molecule has 0 bridgehead atoms. The number of likely N-dealkylation sites (tertiary alicyclic amines) is 1. The number of piperidine rings is 1. The lowest BCUT2D eigenvalue weighted by molar-refractivity contribution is -0.877. The number of hydrogen-bond acceptors (Lipinski definition) is 7. The van der Waals surface area contributed by atoms with E-state index in [1.165, 1.54) is 21.3 Å². The van der Waals surface area contributed by atoms with Crippen molar-refractivity contribution in [2.24, 2.45) is 5.41 Å². The smallest absolute Gasteiger partial charge is 0.382 e. The average Bonchev–Trinajstić information content (AvgIpc) is 2.81.